The van der Waals surface area contributed by atoms with Crippen molar-refractivity contribution in [3.63, 3.8) is 0 Å². The Morgan fingerprint density at radius 3 is 2.22 bits per heavy atom. The molecule has 32 heavy (non-hydrogen) atoms. The first-order chi connectivity index (χ1) is 15.8. The van der Waals surface area contributed by atoms with E-state index in [1.54, 1.807) is 13.3 Å². The Balaban J connectivity index is 1.45. The molecule has 0 aliphatic carbocycles. The van der Waals surface area contributed by atoms with Crippen molar-refractivity contribution < 1.29 is 9.15 Å². The lowest BCUT2D eigenvalue weighted by Gasteiger charge is -2.10. The van der Waals surface area contributed by atoms with Gasteiger partial charge in [0.2, 0.25) is 5.89 Å². The Morgan fingerprint density at radius 1 is 0.844 bits per heavy atom. The molecule has 3 aromatic carbocycles. The summed E-state index contributed by atoms with van der Waals surface area (Å²) in [6, 6.07) is 27.8. The summed E-state index contributed by atoms with van der Waals surface area (Å²) in [6.07, 6.45) is 1.76. The predicted molar refractivity (Wildman–Crippen MR) is 125 cm³/mol. The maximum absolute atomic E-state index is 5.95. The third-order valence-corrected chi connectivity index (χ3v) is 5.85. The molecule has 0 radical (unpaired) electrons. The molecule has 2 heterocycles. The number of hydrogen-bond acceptors (Lipinski definition) is 6. The fourth-order valence-corrected chi connectivity index (χ4v) is 4.15. The Hall–Kier alpha value is -3.84. The van der Waals surface area contributed by atoms with E-state index in [1.165, 1.54) is 11.8 Å². The molecular formula is C25H20N4O2S. The molecule has 2 aromatic heterocycles. The standard InChI is InChI=1S/C25H20N4O2S/c1-30-21-14-12-20(13-15-21)29-24(19-10-6-3-7-11-19)27-28-25(29)32-17-23-26-16-22(31-23)18-8-4-2-5-9-18/h2-16H,17H2,1H3. The third kappa shape index (κ3) is 4.15. The van der Waals surface area contributed by atoms with E-state index in [0.717, 1.165) is 39.3 Å². The SMILES string of the molecule is COc1ccc(-n2c(SCc3ncc(-c4ccccc4)o3)nnc2-c2ccccc2)cc1. The number of hydrogen-bond donors (Lipinski definition) is 0. The summed E-state index contributed by atoms with van der Waals surface area (Å²) in [5.74, 6) is 3.50. The summed E-state index contributed by atoms with van der Waals surface area (Å²) in [5.41, 5.74) is 2.95. The molecule has 0 unspecified atom stereocenters. The highest BCUT2D eigenvalue weighted by Gasteiger charge is 2.17. The van der Waals surface area contributed by atoms with Gasteiger partial charge in [-0.05, 0) is 24.3 Å². The van der Waals surface area contributed by atoms with E-state index in [0.29, 0.717) is 11.6 Å². The second kappa shape index (κ2) is 9.11. The van der Waals surface area contributed by atoms with Crippen molar-refractivity contribution in [3.05, 3.63) is 97.0 Å². The normalized spacial score (nSPS) is 10.9. The van der Waals surface area contributed by atoms with Crippen LogP contribution < -0.4 is 4.74 Å². The summed E-state index contributed by atoms with van der Waals surface area (Å²) in [7, 11) is 1.66. The van der Waals surface area contributed by atoms with Crippen LogP contribution >= 0.6 is 11.8 Å². The van der Waals surface area contributed by atoms with E-state index in [9.17, 15) is 0 Å². The maximum Gasteiger partial charge on any atom is 0.205 e. The molecule has 6 nitrogen and oxygen atoms in total. The molecule has 0 atom stereocenters. The van der Waals surface area contributed by atoms with Gasteiger partial charge in [-0.3, -0.25) is 4.57 Å². The molecule has 0 bridgehead atoms. The van der Waals surface area contributed by atoms with Crippen LogP contribution in [0.3, 0.4) is 0 Å². The van der Waals surface area contributed by atoms with Crippen molar-refractivity contribution >= 4 is 11.8 Å². The van der Waals surface area contributed by atoms with Crippen molar-refractivity contribution in [1.29, 1.82) is 0 Å². The van der Waals surface area contributed by atoms with Crippen LogP contribution in [-0.2, 0) is 5.75 Å². The monoisotopic (exact) mass is 440 g/mol. The molecule has 0 aliphatic rings. The van der Waals surface area contributed by atoms with Crippen LogP contribution in [-0.4, -0.2) is 26.9 Å². The Bertz CT molecular complexity index is 1300. The number of benzene rings is 3. The van der Waals surface area contributed by atoms with Gasteiger partial charge in [-0.15, -0.1) is 10.2 Å². The maximum atomic E-state index is 5.95. The Labute approximate surface area is 189 Å². The summed E-state index contributed by atoms with van der Waals surface area (Å²) < 4.78 is 13.3. The van der Waals surface area contributed by atoms with Crippen molar-refractivity contribution in [2.24, 2.45) is 0 Å². The highest BCUT2D eigenvalue weighted by molar-refractivity contribution is 7.98. The molecule has 5 aromatic rings. The summed E-state index contributed by atoms with van der Waals surface area (Å²) in [6.45, 7) is 0. The van der Waals surface area contributed by atoms with E-state index in [-0.39, 0.29) is 0 Å². The van der Waals surface area contributed by atoms with Crippen molar-refractivity contribution in [2.45, 2.75) is 10.9 Å². The molecule has 7 heteroatoms. The molecule has 0 aliphatic heterocycles. The highest BCUT2D eigenvalue weighted by atomic mass is 32.2. The summed E-state index contributed by atoms with van der Waals surface area (Å²) in [4.78, 5) is 4.44. The van der Waals surface area contributed by atoms with Gasteiger partial charge in [0.1, 0.15) is 5.75 Å². The lowest BCUT2D eigenvalue weighted by Crippen LogP contribution is -2.00. The molecular weight excluding hydrogens is 420 g/mol. The van der Waals surface area contributed by atoms with Gasteiger partial charge in [-0.25, -0.2) is 4.98 Å². The number of methoxy groups -OCH3 is 1. The number of ether oxygens (including phenoxy) is 1. The molecule has 158 valence electrons. The van der Waals surface area contributed by atoms with Gasteiger partial charge in [0.15, 0.2) is 16.7 Å². The van der Waals surface area contributed by atoms with E-state index in [1.807, 2.05) is 89.5 Å². The topological polar surface area (TPSA) is 66.0 Å². The lowest BCUT2D eigenvalue weighted by molar-refractivity contribution is 0.414. The van der Waals surface area contributed by atoms with Crippen LogP contribution in [0, 0.1) is 0 Å². The largest absolute Gasteiger partial charge is 0.497 e. The average Bonchev–Trinajstić information content (AvgIpc) is 3.51. The lowest BCUT2D eigenvalue weighted by atomic mass is 10.2. The molecule has 0 fully saturated rings. The molecule has 0 saturated heterocycles. The van der Waals surface area contributed by atoms with Gasteiger partial charge < -0.3 is 9.15 Å². The van der Waals surface area contributed by atoms with Gasteiger partial charge >= 0.3 is 0 Å². The van der Waals surface area contributed by atoms with Crippen LogP contribution in [0.15, 0.2) is 101 Å². The molecule has 0 spiro atoms. The highest BCUT2D eigenvalue weighted by Crippen LogP contribution is 2.31. The third-order valence-electron chi connectivity index (χ3n) is 4.93. The van der Waals surface area contributed by atoms with Crippen LogP contribution in [0.4, 0.5) is 0 Å². The predicted octanol–water partition coefficient (Wildman–Crippen LogP) is 5.89. The van der Waals surface area contributed by atoms with Crippen molar-refractivity contribution in [1.82, 2.24) is 19.7 Å². The number of rotatable bonds is 7. The van der Waals surface area contributed by atoms with Gasteiger partial charge in [-0.2, -0.15) is 0 Å². The van der Waals surface area contributed by atoms with E-state index in [4.69, 9.17) is 9.15 Å². The van der Waals surface area contributed by atoms with E-state index in [2.05, 4.69) is 15.2 Å². The van der Waals surface area contributed by atoms with Crippen LogP contribution in [0.1, 0.15) is 5.89 Å². The van der Waals surface area contributed by atoms with Crippen molar-refractivity contribution in [3.8, 4) is 34.1 Å². The second-order valence-corrected chi connectivity index (χ2v) is 7.92. The van der Waals surface area contributed by atoms with E-state index >= 15 is 0 Å². The number of nitrogens with zero attached hydrogens (tertiary/aromatic N) is 4. The fourth-order valence-electron chi connectivity index (χ4n) is 3.34. The molecule has 0 amide bonds. The minimum Gasteiger partial charge on any atom is -0.497 e. The molecule has 0 N–H and O–H groups in total. The van der Waals surface area contributed by atoms with Gasteiger partial charge in [0, 0.05) is 16.8 Å². The average molecular weight is 441 g/mol. The first kappa shape index (κ1) is 20.1. The quantitative estimate of drug-likeness (QED) is 0.294. The molecule has 0 saturated carbocycles. The fraction of sp³-hybridized carbons (Fsp3) is 0.0800. The first-order valence-electron chi connectivity index (χ1n) is 10.1. The molecule has 5 rings (SSSR count). The summed E-state index contributed by atoms with van der Waals surface area (Å²) >= 11 is 1.53. The van der Waals surface area contributed by atoms with Crippen molar-refractivity contribution in [2.75, 3.05) is 7.11 Å². The Kier molecular flexibility index (Phi) is 5.72. The second-order valence-electron chi connectivity index (χ2n) is 6.98. The van der Waals surface area contributed by atoms with Gasteiger partial charge in [0.05, 0.1) is 19.1 Å². The first-order valence-corrected chi connectivity index (χ1v) is 11.1. The number of oxazole rings is 1. The number of aromatic nitrogens is 4. The zero-order valence-electron chi connectivity index (χ0n) is 17.4. The minimum absolute atomic E-state index is 0.538. The van der Waals surface area contributed by atoms with E-state index < -0.39 is 0 Å². The van der Waals surface area contributed by atoms with Gasteiger partial charge in [0.25, 0.3) is 0 Å². The smallest absolute Gasteiger partial charge is 0.205 e. The zero-order chi connectivity index (χ0) is 21.8. The van der Waals surface area contributed by atoms with Gasteiger partial charge in [-0.1, -0.05) is 72.4 Å². The summed E-state index contributed by atoms with van der Waals surface area (Å²) in [5, 5.41) is 9.70. The van der Waals surface area contributed by atoms with Crippen LogP contribution in [0.2, 0.25) is 0 Å². The van der Waals surface area contributed by atoms with Crippen LogP contribution in [0.5, 0.6) is 5.75 Å². The zero-order valence-corrected chi connectivity index (χ0v) is 18.2. The minimum atomic E-state index is 0.538. The van der Waals surface area contributed by atoms with Crippen LogP contribution in [0.25, 0.3) is 28.4 Å². The number of thioether (sulfide) groups is 1. The Morgan fingerprint density at radius 2 is 1.53 bits per heavy atom.